The third kappa shape index (κ3) is 2.50. The van der Waals surface area contributed by atoms with Gasteiger partial charge in [-0.2, -0.15) is 0 Å². The van der Waals surface area contributed by atoms with Crippen LogP contribution in [0.3, 0.4) is 0 Å². The predicted molar refractivity (Wildman–Crippen MR) is 30.0 cm³/mol. The molecule has 0 aromatic rings. The third-order valence-corrected chi connectivity index (χ3v) is 0.713. The Morgan fingerprint density at radius 1 is 1.75 bits per heavy atom. The van der Waals surface area contributed by atoms with Crippen LogP contribution in [-0.2, 0) is 0 Å². The minimum Gasteiger partial charge on any atom is -0.239 e. The Hall–Kier alpha value is -0.660. The van der Waals surface area contributed by atoms with Crippen LogP contribution in [0.4, 0.5) is 8.78 Å². The fourth-order valence-corrected chi connectivity index (χ4v) is 0.274. The summed E-state index contributed by atoms with van der Waals surface area (Å²) in [6.45, 7) is 6.02. The van der Waals surface area contributed by atoms with Crippen molar-refractivity contribution in [2.45, 2.75) is 12.6 Å². The molecule has 2 heteroatoms. The summed E-state index contributed by atoms with van der Waals surface area (Å²) in [5.41, 5.74) is 0. The minimum absolute atomic E-state index is 0.00926. The number of alkyl halides is 1. The predicted octanol–water partition coefficient (Wildman–Crippen LogP) is 2.38. The number of halogens is 2. The normalized spacial score (nSPS) is 12.8. The summed E-state index contributed by atoms with van der Waals surface area (Å²) < 4.78 is 23.6. The van der Waals surface area contributed by atoms with Crippen LogP contribution in [0, 0.1) is 0 Å². The van der Waals surface area contributed by atoms with Crippen molar-refractivity contribution < 1.29 is 8.78 Å². The molecule has 46 valence electrons. The van der Waals surface area contributed by atoms with Gasteiger partial charge in [-0.25, -0.2) is 8.78 Å². The largest absolute Gasteiger partial charge is 0.239 e. The number of hydrogen-bond donors (Lipinski definition) is 0. The fourth-order valence-electron chi connectivity index (χ4n) is 0.274. The molecule has 0 aliphatic heterocycles. The molecular formula is C6H8F2. The lowest BCUT2D eigenvalue weighted by atomic mass is 10.2. The SMILES string of the molecule is C=CCC(F)C(=C)F. The molecular weight excluding hydrogens is 110 g/mol. The maximum atomic E-state index is 12.0. The Balaban J connectivity index is 3.46. The second-order valence-electron chi connectivity index (χ2n) is 1.44. The van der Waals surface area contributed by atoms with Crippen molar-refractivity contribution in [1.29, 1.82) is 0 Å². The summed E-state index contributed by atoms with van der Waals surface area (Å²) in [6.07, 6.45) is -0.238. The molecule has 0 bridgehead atoms. The van der Waals surface area contributed by atoms with Gasteiger partial charge in [-0.3, -0.25) is 0 Å². The standard InChI is InChI=1S/C6H8F2/c1-3-4-6(8)5(2)7/h3,6H,1-2,4H2. The molecule has 0 amide bonds. The van der Waals surface area contributed by atoms with E-state index < -0.39 is 12.0 Å². The molecule has 0 N–H and O–H groups in total. The highest BCUT2D eigenvalue weighted by molar-refractivity contribution is 4.93. The van der Waals surface area contributed by atoms with Gasteiger partial charge in [-0.15, -0.1) is 6.58 Å². The van der Waals surface area contributed by atoms with Crippen molar-refractivity contribution in [3.05, 3.63) is 25.1 Å². The van der Waals surface area contributed by atoms with E-state index in [1.54, 1.807) is 0 Å². The Bertz CT molecular complexity index is 96.7. The summed E-state index contributed by atoms with van der Waals surface area (Å²) in [7, 11) is 0. The van der Waals surface area contributed by atoms with Gasteiger partial charge in [0.25, 0.3) is 0 Å². The van der Waals surface area contributed by atoms with Gasteiger partial charge in [-0.1, -0.05) is 12.7 Å². The summed E-state index contributed by atoms with van der Waals surface area (Å²) in [4.78, 5) is 0. The summed E-state index contributed by atoms with van der Waals surface area (Å²) in [5.74, 6) is -0.926. The molecule has 0 saturated carbocycles. The maximum absolute atomic E-state index is 12.0. The number of allylic oxidation sites excluding steroid dienone is 2. The first-order chi connectivity index (χ1) is 3.68. The molecule has 0 aliphatic rings. The zero-order valence-corrected chi connectivity index (χ0v) is 4.53. The van der Waals surface area contributed by atoms with Crippen LogP contribution in [0.25, 0.3) is 0 Å². The topological polar surface area (TPSA) is 0 Å². The van der Waals surface area contributed by atoms with E-state index in [0.29, 0.717) is 0 Å². The maximum Gasteiger partial charge on any atom is 0.154 e. The molecule has 0 fully saturated rings. The van der Waals surface area contributed by atoms with Crippen molar-refractivity contribution in [3.8, 4) is 0 Å². The number of rotatable bonds is 3. The van der Waals surface area contributed by atoms with Gasteiger partial charge in [0.1, 0.15) is 5.83 Å². The first kappa shape index (κ1) is 7.34. The van der Waals surface area contributed by atoms with Crippen LogP contribution in [0.5, 0.6) is 0 Å². The quantitative estimate of drug-likeness (QED) is 0.499. The van der Waals surface area contributed by atoms with E-state index in [1.807, 2.05) is 0 Å². The van der Waals surface area contributed by atoms with Gasteiger partial charge in [-0.05, 0) is 0 Å². The van der Waals surface area contributed by atoms with Crippen molar-refractivity contribution >= 4 is 0 Å². The smallest absolute Gasteiger partial charge is 0.154 e. The Labute approximate surface area is 47.5 Å². The fraction of sp³-hybridized carbons (Fsp3) is 0.333. The van der Waals surface area contributed by atoms with Gasteiger partial charge >= 0.3 is 0 Å². The molecule has 0 heterocycles. The van der Waals surface area contributed by atoms with Crippen LogP contribution in [0.15, 0.2) is 25.1 Å². The summed E-state index contributed by atoms with van der Waals surface area (Å²) >= 11 is 0. The van der Waals surface area contributed by atoms with E-state index in [9.17, 15) is 8.78 Å². The zero-order chi connectivity index (χ0) is 6.57. The monoisotopic (exact) mass is 118 g/mol. The van der Waals surface area contributed by atoms with Crippen molar-refractivity contribution in [2.75, 3.05) is 0 Å². The lowest BCUT2D eigenvalue weighted by Gasteiger charge is -1.96. The van der Waals surface area contributed by atoms with Gasteiger partial charge in [0, 0.05) is 6.42 Å². The van der Waals surface area contributed by atoms with Gasteiger partial charge in [0.15, 0.2) is 6.17 Å². The molecule has 0 aromatic carbocycles. The van der Waals surface area contributed by atoms with Crippen molar-refractivity contribution in [2.24, 2.45) is 0 Å². The molecule has 0 aliphatic carbocycles. The van der Waals surface area contributed by atoms with Crippen molar-refractivity contribution in [1.82, 2.24) is 0 Å². The average molecular weight is 118 g/mol. The van der Waals surface area contributed by atoms with Gasteiger partial charge in [0.2, 0.25) is 0 Å². The molecule has 0 rings (SSSR count). The number of hydrogen-bond acceptors (Lipinski definition) is 0. The van der Waals surface area contributed by atoms with Crippen LogP contribution >= 0.6 is 0 Å². The van der Waals surface area contributed by atoms with Crippen molar-refractivity contribution in [3.63, 3.8) is 0 Å². The second-order valence-corrected chi connectivity index (χ2v) is 1.44. The van der Waals surface area contributed by atoms with E-state index in [0.717, 1.165) is 0 Å². The lowest BCUT2D eigenvalue weighted by molar-refractivity contribution is 0.330. The molecule has 1 atom stereocenters. The van der Waals surface area contributed by atoms with E-state index in [1.165, 1.54) is 6.08 Å². The third-order valence-electron chi connectivity index (χ3n) is 0.713. The van der Waals surface area contributed by atoms with Crippen LogP contribution in [0.1, 0.15) is 6.42 Å². The molecule has 0 aromatic heterocycles. The Morgan fingerprint density at radius 2 is 2.25 bits per heavy atom. The summed E-state index contributed by atoms with van der Waals surface area (Å²) in [5, 5.41) is 0. The average Bonchev–Trinajstić information content (AvgIpc) is 1.67. The highest BCUT2D eigenvalue weighted by atomic mass is 19.2. The molecule has 0 radical (unpaired) electrons. The first-order valence-corrected chi connectivity index (χ1v) is 2.27. The minimum atomic E-state index is -1.56. The molecule has 0 nitrogen and oxygen atoms in total. The van der Waals surface area contributed by atoms with E-state index in [-0.39, 0.29) is 6.42 Å². The highest BCUT2D eigenvalue weighted by Crippen LogP contribution is 2.09. The van der Waals surface area contributed by atoms with E-state index in [2.05, 4.69) is 13.2 Å². The lowest BCUT2D eigenvalue weighted by Crippen LogP contribution is -1.95. The zero-order valence-electron chi connectivity index (χ0n) is 4.53. The summed E-state index contributed by atoms with van der Waals surface area (Å²) in [6, 6.07) is 0. The second kappa shape index (κ2) is 3.36. The molecule has 0 saturated heterocycles. The Morgan fingerprint density at radius 3 is 2.38 bits per heavy atom. The molecule has 1 unspecified atom stereocenters. The van der Waals surface area contributed by atoms with E-state index >= 15 is 0 Å². The van der Waals surface area contributed by atoms with Crippen LogP contribution in [0.2, 0.25) is 0 Å². The highest BCUT2D eigenvalue weighted by Gasteiger charge is 2.05. The van der Waals surface area contributed by atoms with Gasteiger partial charge in [0.05, 0.1) is 0 Å². The van der Waals surface area contributed by atoms with E-state index in [4.69, 9.17) is 0 Å². The van der Waals surface area contributed by atoms with Gasteiger partial charge < -0.3 is 0 Å². The molecule has 8 heavy (non-hydrogen) atoms. The molecule has 0 spiro atoms. The van der Waals surface area contributed by atoms with Crippen LogP contribution < -0.4 is 0 Å². The first-order valence-electron chi connectivity index (χ1n) is 2.27. The Kier molecular flexibility index (Phi) is 3.08. The van der Waals surface area contributed by atoms with Crippen LogP contribution in [-0.4, -0.2) is 6.17 Å².